The smallest absolute Gasteiger partial charge is 0.262 e. The molecular formula is C17H23N3O3S. The summed E-state index contributed by atoms with van der Waals surface area (Å²) in [6.45, 7) is 4.21. The predicted molar refractivity (Wildman–Crippen MR) is 91.3 cm³/mol. The van der Waals surface area contributed by atoms with Gasteiger partial charge in [0.25, 0.3) is 10.0 Å². The maximum absolute atomic E-state index is 12.7. The SMILES string of the molecule is CCn1cnc(S(=O)(=O)N2CCC[C@@H](COc3ccccc3)C2)c1. The topological polar surface area (TPSA) is 64.4 Å². The first-order valence-corrected chi connectivity index (χ1v) is 9.73. The summed E-state index contributed by atoms with van der Waals surface area (Å²) >= 11 is 0. The predicted octanol–water partition coefficient (Wildman–Crippen LogP) is 2.38. The number of hydrogen-bond acceptors (Lipinski definition) is 4. The van der Waals surface area contributed by atoms with Crippen LogP contribution in [0.25, 0.3) is 0 Å². The van der Waals surface area contributed by atoms with E-state index in [1.165, 1.54) is 4.31 Å². The van der Waals surface area contributed by atoms with Crippen molar-refractivity contribution in [3.63, 3.8) is 0 Å². The van der Waals surface area contributed by atoms with Crippen molar-refractivity contribution in [2.45, 2.75) is 31.3 Å². The number of imidazole rings is 1. The van der Waals surface area contributed by atoms with Crippen LogP contribution in [0, 0.1) is 5.92 Å². The number of aryl methyl sites for hydroxylation is 1. The molecule has 1 saturated heterocycles. The highest BCUT2D eigenvalue weighted by Crippen LogP contribution is 2.23. The Balaban J connectivity index is 1.64. The second-order valence-electron chi connectivity index (χ2n) is 6.04. The summed E-state index contributed by atoms with van der Waals surface area (Å²) in [5.74, 6) is 1.01. The number of sulfonamides is 1. The zero-order valence-corrected chi connectivity index (χ0v) is 14.7. The lowest BCUT2D eigenvalue weighted by atomic mass is 10.0. The zero-order chi connectivity index (χ0) is 17.0. The Labute approximate surface area is 143 Å². The van der Waals surface area contributed by atoms with Crippen LogP contribution in [-0.2, 0) is 16.6 Å². The Kier molecular flexibility index (Phi) is 5.20. The summed E-state index contributed by atoms with van der Waals surface area (Å²) in [5.41, 5.74) is 0. The molecule has 1 aromatic carbocycles. The van der Waals surface area contributed by atoms with E-state index in [0.29, 0.717) is 26.2 Å². The lowest BCUT2D eigenvalue weighted by Gasteiger charge is -2.31. The molecule has 0 amide bonds. The molecule has 1 aliphatic heterocycles. The standard InChI is InChI=1S/C17H23N3O3S/c1-2-19-12-17(18-14-19)24(21,22)20-10-6-7-15(11-20)13-23-16-8-4-3-5-9-16/h3-5,8-9,12,14-15H,2,6-7,10-11,13H2,1H3/t15-/m1/s1. The van der Waals surface area contributed by atoms with Crippen LogP contribution in [0.5, 0.6) is 5.75 Å². The fraction of sp³-hybridized carbons (Fsp3) is 0.471. The van der Waals surface area contributed by atoms with Crippen LogP contribution in [0.15, 0.2) is 47.9 Å². The van der Waals surface area contributed by atoms with Crippen LogP contribution in [0.3, 0.4) is 0 Å². The van der Waals surface area contributed by atoms with E-state index in [4.69, 9.17) is 4.74 Å². The number of hydrogen-bond donors (Lipinski definition) is 0. The van der Waals surface area contributed by atoms with Gasteiger partial charge < -0.3 is 9.30 Å². The molecule has 7 heteroatoms. The van der Waals surface area contributed by atoms with Crippen molar-refractivity contribution >= 4 is 10.0 Å². The van der Waals surface area contributed by atoms with Gasteiger partial charge in [-0.05, 0) is 31.9 Å². The van der Waals surface area contributed by atoms with E-state index in [-0.39, 0.29) is 10.9 Å². The Morgan fingerprint density at radius 3 is 2.79 bits per heavy atom. The molecule has 1 atom stereocenters. The van der Waals surface area contributed by atoms with Crippen LogP contribution in [-0.4, -0.2) is 42.0 Å². The minimum Gasteiger partial charge on any atom is -0.493 e. The molecule has 0 saturated carbocycles. The van der Waals surface area contributed by atoms with E-state index >= 15 is 0 Å². The molecule has 0 spiro atoms. The van der Waals surface area contributed by atoms with E-state index in [1.54, 1.807) is 17.1 Å². The largest absolute Gasteiger partial charge is 0.493 e. The van der Waals surface area contributed by atoms with E-state index in [2.05, 4.69) is 4.98 Å². The van der Waals surface area contributed by atoms with Gasteiger partial charge in [-0.3, -0.25) is 0 Å². The van der Waals surface area contributed by atoms with Gasteiger partial charge in [0.1, 0.15) is 5.75 Å². The van der Waals surface area contributed by atoms with Crippen molar-refractivity contribution in [2.24, 2.45) is 5.92 Å². The molecule has 24 heavy (non-hydrogen) atoms. The molecule has 3 rings (SSSR count). The molecule has 2 heterocycles. The fourth-order valence-electron chi connectivity index (χ4n) is 2.89. The fourth-order valence-corrected chi connectivity index (χ4v) is 4.38. The summed E-state index contributed by atoms with van der Waals surface area (Å²) < 4.78 is 34.6. The Morgan fingerprint density at radius 1 is 1.29 bits per heavy atom. The molecule has 0 unspecified atom stereocenters. The summed E-state index contributed by atoms with van der Waals surface area (Å²) in [4.78, 5) is 4.05. The number of para-hydroxylation sites is 1. The Morgan fingerprint density at radius 2 is 2.08 bits per heavy atom. The highest BCUT2D eigenvalue weighted by atomic mass is 32.2. The first kappa shape index (κ1) is 17.0. The third kappa shape index (κ3) is 3.79. The summed E-state index contributed by atoms with van der Waals surface area (Å²) in [5, 5.41) is 0.133. The van der Waals surface area contributed by atoms with E-state index < -0.39 is 10.0 Å². The molecule has 6 nitrogen and oxygen atoms in total. The molecule has 1 aliphatic rings. The lowest BCUT2D eigenvalue weighted by molar-refractivity contribution is 0.180. The monoisotopic (exact) mass is 349 g/mol. The quantitative estimate of drug-likeness (QED) is 0.803. The normalized spacial score (nSPS) is 19.3. The highest BCUT2D eigenvalue weighted by molar-refractivity contribution is 7.89. The van der Waals surface area contributed by atoms with Crippen molar-refractivity contribution in [1.29, 1.82) is 0 Å². The van der Waals surface area contributed by atoms with Gasteiger partial charge in [0.05, 0.1) is 12.9 Å². The highest BCUT2D eigenvalue weighted by Gasteiger charge is 2.32. The van der Waals surface area contributed by atoms with Gasteiger partial charge >= 0.3 is 0 Å². The van der Waals surface area contributed by atoms with E-state index in [1.807, 2.05) is 37.3 Å². The van der Waals surface area contributed by atoms with Crippen molar-refractivity contribution in [2.75, 3.05) is 19.7 Å². The number of aromatic nitrogens is 2. The van der Waals surface area contributed by atoms with Gasteiger partial charge in [0, 0.05) is 31.7 Å². The third-order valence-electron chi connectivity index (χ3n) is 4.29. The molecule has 130 valence electrons. The van der Waals surface area contributed by atoms with E-state index in [9.17, 15) is 8.42 Å². The number of benzene rings is 1. The van der Waals surface area contributed by atoms with E-state index in [0.717, 1.165) is 18.6 Å². The minimum atomic E-state index is -3.52. The second kappa shape index (κ2) is 7.36. The molecular weight excluding hydrogens is 326 g/mol. The average Bonchev–Trinajstić information content (AvgIpc) is 3.11. The molecule has 0 bridgehead atoms. The number of rotatable bonds is 6. The Hall–Kier alpha value is -1.86. The molecule has 0 N–H and O–H groups in total. The first-order chi connectivity index (χ1) is 11.6. The summed E-state index contributed by atoms with van der Waals surface area (Å²) in [7, 11) is -3.52. The molecule has 0 radical (unpaired) electrons. The van der Waals surface area contributed by atoms with Crippen LogP contribution in [0.1, 0.15) is 19.8 Å². The number of nitrogens with zero attached hydrogens (tertiary/aromatic N) is 3. The maximum Gasteiger partial charge on any atom is 0.262 e. The minimum absolute atomic E-state index is 0.133. The summed E-state index contributed by atoms with van der Waals surface area (Å²) in [6, 6.07) is 9.62. The van der Waals surface area contributed by atoms with Gasteiger partial charge in [-0.1, -0.05) is 18.2 Å². The molecule has 1 aromatic heterocycles. The van der Waals surface area contributed by atoms with Crippen molar-refractivity contribution in [3.05, 3.63) is 42.9 Å². The van der Waals surface area contributed by atoms with Crippen molar-refractivity contribution < 1.29 is 13.2 Å². The second-order valence-corrected chi connectivity index (χ2v) is 7.92. The first-order valence-electron chi connectivity index (χ1n) is 8.29. The summed E-state index contributed by atoms with van der Waals surface area (Å²) in [6.07, 6.45) is 4.98. The van der Waals surface area contributed by atoms with Crippen LogP contribution in [0.2, 0.25) is 0 Å². The third-order valence-corrected chi connectivity index (χ3v) is 6.04. The van der Waals surface area contributed by atoms with Crippen molar-refractivity contribution in [1.82, 2.24) is 13.9 Å². The Bertz CT molecular complexity index is 758. The van der Waals surface area contributed by atoms with Crippen LogP contribution < -0.4 is 4.74 Å². The van der Waals surface area contributed by atoms with Crippen molar-refractivity contribution in [3.8, 4) is 5.75 Å². The number of ether oxygens (including phenoxy) is 1. The van der Waals surface area contributed by atoms with Crippen LogP contribution in [0.4, 0.5) is 0 Å². The molecule has 1 fully saturated rings. The van der Waals surface area contributed by atoms with Gasteiger partial charge in [0.2, 0.25) is 0 Å². The molecule has 2 aromatic rings. The number of piperidine rings is 1. The van der Waals surface area contributed by atoms with Gasteiger partial charge in [0.15, 0.2) is 5.03 Å². The maximum atomic E-state index is 12.7. The van der Waals surface area contributed by atoms with Gasteiger partial charge in [-0.15, -0.1) is 0 Å². The lowest BCUT2D eigenvalue weighted by Crippen LogP contribution is -2.41. The van der Waals surface area contributed by atoms with Gasteiger partial charge in [-0.2, -0.15) is 4.31 Å². The zero-order valence-electron chi connectivity index (χ0n) is 13.8. The average molecular weight is 349 g/mol. The molecule has 0 aliphatic carbocycles. The van der Waals surface area contributed by atoms with Gasteiger partial charge in [-0.25, -0.2) is 13.4 Å². The van der Waals surface area contributed by atoms with Crippen LogP contribution >= 0.6 is 0 Å².